The Balaban J connectivity index is 0. The number of hydrogen-bond donors (Lipinski definition) is 0. The average Bonchev–Trinajstić information content (AvgIpc) is 2.41. The van der Waals surface area contributed by atoms with E-state index < -0.39 is 11.9 Å². The standard InChI is InChI=1S/2C6H5NO2.2Cr/c2*8-6(9)5-3-1-2-4-7-5;;/h2*1-4H,(H,8,9);;/q;;2*+3/p-2. The van der Waals surface area contributed by atoms with Crippen LogP contribution in [0, 0.1) is 0 Å². The predicted molar refractivity (Wildman–Crippen MR) is 57.1 cm³/mol. The number of carboxylic acid groups (broad SMARTS) is 2. The number of carbonyl (C=O) groups is 2. The minimum absolute atomic E-state index is 0. The zero-order valence-corrected chi connectivity index (χ0v) is 12.5. The molecule has 0 aliphatic carbocycles. The monoisotopic (exact) mass is 348 g/mol. The third kappa shape index (κ3) is 7.68. The first-order chi connectivity index (χ1) is 8.61. The zero-order chi connectivity index (χ0) is 13.4. The van der Waals surface area contributed by atoms with Crippen LogP contribution >= 0.6 is 0 Å². The minimum atomic E-state index is -1.24. The molecule has 0 aliphatic heterocycles. The fraction of sp³-hybridized carbons (Fsp3) is 0. The summed E-state index contributed by atoms with van der Waals surface area (Å²) < 4.78 is 0. The van der Waals surface area contributed by atoms with Crippen LogP contribution in [-0.2, 0) is 34.7 Å². The van der Waals surface area contributed by atoms with Crippen molar-refractivity contribution in [2.75, 3.05) is 0 Å². The molecule has 0 saturated heterocycles. The van der Waals surface area contributed by atoms with E-state index in [1.54, 1.807) is 24.3 Å². The van der Waals surface area contributed by atoms with E-state index in [1.807, 2.05) is 0 Å². The molecule has 6 nitrogen and oxygen atoms in total. The van der Waals surface area contributed by atoms with Crippen LogP contribution in [0.5, 0.6) is 0 Å². The molecule has 0 aromatic carbocycles. The van der Waals surface area contributed by atoms with Gasteiger partial charge in [0.05, 0.1) is 23.3 Å². The maximum absolute atomic E-state index is 10.0. The Bertz CT molecular complexity index is 474. The number of carboxylic acids is 2. The van der Waals surface area contributed by atoms with Crippen molar-refractivity contribution in [1.82, 2.24) is 9.97 Å². The van der Waals surface area contributed by atoms with E-state index in [1.165, 1.54) is 24.5 Å². The van der Waals surface area contributed by atoms with Gasteiger partial charge in [0.25, 0.3) is 0 Å². The van der Waals surface area contributed by atoms with Gasteiger partial charge in [-0.3, -0.25) is 9.97 Å². The molecule has 8 heteroatoms. The van der Waals surface area contributed by atoms with Crippen LogP contribution in [-0.4, -0.2) is 21.9 Å². The van der Waals surface area contributed by atoms with Crippen LogP contribution < -0.4 is 10.2 Å². The van der Waals surface area contributed by atoms with Gasteiger partial charge in [0.1, 0.15) is 0 Å². The second kappa shape index (κ2) is 11.2. The summed E-state index contributed by atoms with van der Waals surface area (Å²) >= 11 is 0. The second-order valence-corrected chi connectivity index (χ2v) is 3.00. The second-order valence-electron chi connectivity index (χ2n) is 3.00. The fourth-order valence-electron chi connectivity index (χ4n) is 0.967. The molecule has 2 aromatic rings. The van der Waals surface area contributed by atoms with Gasteiger partial charge in [-0.1, -0.05) is 12.1 Å². The Morgan fingerprint density at radius 2 is 1.10 bits per heavy atom. The Morgan fingerprint density at radius 1 is 0.750 bits per heavy atom. The van der Waals surface area contributed by atoms with Crippen molar-refractivity contribution < 1.29 is 54.5 Å². The first kappa shape index (κ1) is 20.6. The molecule has 0 bridgehead atoms. The molecule has 0 spiro atoms. The van der Waals surface area contributed by atoms with Gasteiger partial charge in [-0.25, -0.2) is 0 Å². The third-order valence-corrected chi connectivity index (χ3v) is 1.75. The summed E-state index contributed by atoms with van der Waals surface area (Å²) in [6, 6.07) is 9.25. The summed E-state index contributed by atoms with van der Waals surface area (Å²) in [4.78, 5) is 27.1. The molecule has 2 rings (SSSR count). The Morgan fingerprint density at radius 3 is 1.25 bits per heavy atom. The number of carbonyl (C=O) groups excluding carboxylic acids is 2. The van der Waals surface area contributed by atoms with E-state index >= 15 is 0 Å². The first-order valence-corrected chi connectivity index (χ1v) is 4.86. The molecule has 2 radical (unpaired) electrons. The molecule has 0 unspecified atom stereocenters. The van der Waals surface area contributed by atoms with Crippen molar-refractivity contribution in [2.24, 2.45) is 0 Å². The Kier molecular flexibility index (Phi) is 11.5. The molecule has 0 amide bonds. The maximum atomic E-state index is 10.0. The van der Waals surface area contributed by atoms with E-state index in [0.29, 0.717) is 0 Å². The number of rotatable bonds is 2. The van der Waals surface area contributed by atoms with Gasteiger partial charge in [-0.2, -0.15) is 0 Å². The normalized spacial score (nSPS) is 8.00. The van der Waals surface area contributed by atoms with Crippen LogP contribution in [0.4, 0.5) is 0 Å². The smallest absolute Gasteiger partial charge is 0.543 e. The Labute approximate surface area is 136 Å². The quantitative estimate of drug-likeness (QED) is 0.681. The molecule has 2 aromatic heterocycles. The summed E-state index contributed by atoms with van der Waals surface area (Å²) in [6.07, 6.45) is 2.82. The predicted octanol–water partition coefficient (Wildman–Crippen LogP) is -1.11. The van der Waals surface area contributed by atoms with Gasteiger partial charge in [-0.15, -0.1) is 0 Å². The number of aromatic carboxylic acids is 2. The Hall–Kier alpha value is -1.70. The number of nitrogens with zero attached hydrogens (tertiary/aromatic N) is 2. The van der Waals surface area contributed by atoms with E-state index in [4.69, 9.17) is 0 Å². The molecule has 98 valence electrons. The van der Waals surface area contributed by atoms with Crippen molar-refractivity contribution >= 4 is 11.9 Å². The molecule has 2 heterocycles. The minimum Gasteiger partial charge on any atom is -0.543 e. The van der Waals surface area contributed by atoms with E-state index in [2.05, 4.69) is 9.97 Å². The molecule has 0 fully saturated rings. The van der Waals surface area contributed by atoms with Crippen LogP contribution in [0.3, 0.4) is 0 Å². The van der Waals surface area contributed by atoms with Crippen molar-refractivity contribution in [3.05, 3.63) is 60.2 Å². The van der Waals surface area contributed by atoms with Gasteiger partial charge >= 0.3 is 34.7 Å². The molecule has 0 N–H and O–H groups in total. The molecule has 0 atom stereocenters. The van der Waals surface area contributed by atoms with Gasteiger partial charge in [0.15, 0.2) is 0 Å². The number of pyridine rings is 2. The van der Waals surface area contributed by atoms with Crippen LogP contribution in [0.15, 0.2) is 48.8 Å². The third-order valence-electron chi connectivity index (χ3n) is 1.75. The first-order valence-electron chi connectivity index (χ1n) is 4.86. The molecular weight excluding hydrogens is 340 g/mol. The fourth-order valence-corrected chi connectivity index (χ4v) is 0.967. The molecule has 0 saturated carbocycles. The summed E-state index contributed by atoms with van der Waals surface area (Å²) in [7, 11) is 0. The largest absolute Gasteiger partial charge is 3.00 e. The summed E-state index contributed by atoms with van der Waals surface area (Å²) in [5, 5.41) is 20.1. The van der Waals surface area contributed by atoms with Gasteiger partial charge < -0.3 is 19.8 Å². The maximum Gasteiger partial charge on any atom is 3.00 e. The van der Waals surface area contributed by atoms with Crippen LogP contribution in [0.1, 0.15) is 21.0 Å². The van der Waals surface area contributed by atoms with E-state index in [0.717, 1.165) is 0 Å². The van der Waals surface area contributed by atoms with Crippen molar-refractivity contribution in [2.45, 2.75) is 0 Å². The van der Waals surface area contributed by atoms with E-state index in [-0.39, 0.29) is 46.1 Å². The van der Waals surface area contributed by atoms with Crippen LogP contribution in [0.25, 0.3) is 0 Å². The van der Waals surface area contributed by atoms with Gasteiger partial charge in [0.2, 0.25) is 0 Å². The van der Waals surface area contributed by atoms with Gasteiger partial charge in [0, 0.05) is 12.4 Å². The average molecular weight is 348 g/mol. The molecular formula is C12H8Cr2N2O4+4. The summed E-state index contributed by atoms with van der Waals surface area (Å²) in [5.41, 5.74) is -0.0602. The molecule has 0 aliphatic rings. The number of hydrogen-bond acceptors (Lipinski definition) is 6. The SMILES string of the molecule is O=C([O-])c1ccccn1.O=C([O-])c1ccccn1.[Cr+3].[Cr+3]. The van der Waals surface area contributed by atoms with Gasteiger partial charge in [-0.05, 0) is 24.3 Å². The van der Waals surface area contributed by atoms with Crippen molar-refractivity contribution in [3.63, 3.8) is 0 Å². The number of aromatic nitrogens is 2. The summed E-state index contributed by atoms with van der Waals surface area (Å²) in [5.74, 6) is -2.48. The van der Waals surface area contributed by atoms with Crippen molar-refractivity contribution in [3.8, 4) is 0 Å². The van der Waals surface area contributed by atoms with Crippen LogP contribution in [0.2, 0.25) is 0 Å². The molecule has 20 heavy (non-hydrogen) atoms. The zero-order valence-electron chi connectivity index (χ0n) is 9.96. The van der Waals surface area contributed by atoms with E-state index in [9.17, 15) is 19.8 Å². The van der Waals surface area contributed by atoms with Crippen molar-refractivity contribution in [1.29, 1.82) is 0 Å². The summed E-state index contributed by atoms with van der Waals surface area (Å²) in [6.45, 7) is 0. The topological polar surface area (TPSA) is 106 Å².